The van der Waals surface area contributed by atoms with Gasteiger partial charge in [-0.3, -0.25) is 10.1 Å². The molecule has 2 atom stereocenters. The molecule has 2 N–H and O–H groups in total. The molecule has 2 aromatic rings. The molecule has 2 aromatic carbocycles. The molecular weight excluding hydrogens is 294 g/mol. The number of nitrogens with zero attached hydrogens (tertiary/aromatic N) is 1. The number of aromatic hydroxyl groups is 2. The van der Waals surface area contributed by atoms with Crippen LogP contribution in [0.1, 0.15) is 49.7 Å². The van der Waals surface area contributed by atoms with Gasteiger partial charge in [-0.1, -0.05) is 32.0 Å². The minimum atomic E-state index is -0.562. The predicted octanol–water partition coefficient (Wildman–Crippen LogP) is 4.69. The van der Waals surface area contributed by atoms with Gasteiger partial charge in [-0.25, -0.2) is 0 Å². The zero-order chi connectivity index (χ0) is 17.0. The lowest BCUT2D eigenvalue weighted by molar-refractivity contribution is -0.385. The molecule has 5 nitrogen and oxygen atoms in total. The summed E-state index contributed by atoms with van der Waals surface area (Å²) in [6.45, 7) is 4.13. The van der Waals surface area contributed by atoms with Gasteiger partial charge in [-0.15, -0.1) is 0 Å². The second-order valence-electron chi connectivity index (χ2n) is 5.63. The van der Waals surface area contributed by atoms with E-state index < -0.39 is 4.92 Å². The molecule has 0 aromatic heterocycles. The summed E-state index contributed by atoms with van der Waals surface area (Å²) in [5.41, 5.74) is 1.67. The lowest BCUT2D eigenvalue weighted by Gasteiger charge is -2.26. The minimum absolute atomic E-state index is 0.101. The molecule has 0 aliphatic rings. The molecular formula is C18H21NO4. The van der Waals surface area contributed by atoms with Gasteiger partial charge < -0.3 is 10.2 Å². The van der Waals surface area contributed by atoms with Gasteiger partial charge >= 0.3 is 5.69 Å². The van der Waals surface area contributed by atoms with Crippen LogP contribution in [-0.2, 0) is 0 Å². The number of nitro groups is 1. The van der Waals surface area contributed by atoms with Crippen LogP contribution in [0.3, 0.4) is 0 Å². The lowest BCUT2D eigenvalue weighted by atomic mass is 9.78. The van der Waals surface area contributed by atoms with Gasteiger partial charge in [0.15, 0.2) is 5.75 Å². The van der Waals surface area contributed by atoms with Gasteiger partial charge in [0.25, 0.3) is 0 Å². The summed E-state index contributed by atoms with van der Waals surface area (Å²) in [4.78, 5) is 10.5. The normalized spacial score (nSPS) is 13.5. The average Bonchev–Trinajstić information content (AvgIpc) is 2.54. The van der Waals surface area contributed by atoms with Crippen molar-refractivity contribution in [2.75, 3.05) is 0 Å². The van der Waals surface area contributed by atoms with E-state index in [4.69, 9.17) is 0 Å². The Labute approximate surface area is 135 Å². The summed E-state index contributed by atoms with van der Waals surface area (Å²) < 4.78 is 0. The summed E-state index contributed by atoms with van der Waals surface area (Å²) >= 11 is 0. The van der Waals surface area contributed by atoms with Crippen LogP contribution >= 0.6 is 0 Å². The first-order chi connectivity index (χ1) is 11.0. The van der Waals surface area contributed by atoms with Gasteiger partial charge in [0, 0.05) is 6.07 Å². The van der Waals surface area contributed by atoms with Gasteiger partial charge in [0.2, 0.25) is 0 Å². The first kappa shape index (κ1) is 16.8. The van der Waals surface area contributed by atoms with Crippen LogP contribution in [0.4, 0.5) is 5.69 Å². The topological polar surface area (TPSA) is 83.6 Å². The van der Waals surface area contributed by atoms with Crippen molar-refractivity contribution in [1.82, 2.24) is 0 Å². The van der Waals surface area contributed by atoms with Crippen LogP contribution in [0.15, 0.2) is 42.5 Å². The number of nitro benzene ring substituents is 1. The zero-order valence-electron chi connectivity index (χ0n) is 13.3. The molecule has 0 heterocycles. The molecule has 23 heavy (non-hydrogen) atoms. The number of hydrogen-bond acceptors (Lipinski definition) is 4. The van der Waals surface area contributed by atoms with Crippen LogP contribution in [0, 0.1) is 10.1 Å². The number of phenols is 2. The maximum absolute atomic E-state index is 11.0. The SMILES string of the molecule is CCC(c1ccc(O)cc1)C(CC)c1ccc(O)c([N+](=O)[O-])c1. The highest BCUT2D eigenvalue weighted by Crippen LogP contribution is 2.40. The standard InChI is InChI=1S/C18H21NO4/c1-3-15(12-5-8-14(20)9-6-12)16(4-2)13-7-10-18(21)17(11-13)19(22)23/h5-11,15-16,20-21H,3-4H2,1-2H3. The maximum atomic E-state index is 11.0. The highest BCUT2D eigenvalue weighted by atomic mass is 16.6. The van der Waals surface area contributed by atoms with Gasteiger partial charge in [0.1, 0.15) is 5.75 Å². The van der Waals surface area contributed by atoms with E-state index in [1.165, 1.54) is 12.1 Å². The second kappa shape index (κ2) is 7.13. The molecule has 0 bridgehead atoms. The molecule has 0 radical (unpaired) electrons. The highest BCUT2D eigenvalue weighted by Gasteiger charge is 2.25. The summed E-state index contributed by atoms with van der Waals surface area (Å²) in [5.74, 6) is 0.191. The van der Waals surface area contributed by atoms with Crippen LogP contribution in [-0.4, -0.2) is 15.1 Å². The summed E-state index contributed by atoms with van der Waals surface area (Å²) in [6, 6.07) is 11.7. The van der Waals surface area contributed by atoms with Crippen LogP contribution in [0.2, 0.25) is 0 Å². The van der Waals surface area contributed by atoms with E-state index in [0.717, 1.165) is 24.0 Å². The molecule has 2 unspecified atom stereocenters. The van der Waals surface area contributed by atoms with Crippen molar-refractivity contribution in [3.05, 3.63) is 63.7 Å². The van der Waals surface area contributed by atoms with E-state index in [1.54, 1.807) is 18.2 Å². The molecule has 2 rings (SSSR count). The van der Waals surface area contributed by atoms with Crippen molar-refractivity contribution < 1.29 is 15.1 Å². The molecule has 5 heteroatoms. The molecule has 0 aliphatic heterocycles. The van der Waals surface area contributed by atoms with E-state index in [0.29, 0.717) is 0 Å². The molecule has 0 saturated carbocycles. The Morgan fingerprint density at radius 1 is 0.957 bits per heavy atom. The fourth-order valence-corrected chi connectivity index (χ4v) is 3.14. The summed E-state index contributed by atoms with van der Waals surface area (Å²) in [7, 11) is 0. The van der Waals surface area contributed by atoms with Gasteiger partial charge in [-0.05, 0) is 54.0 Å². The van der Waals surface area contributed by atoms with Gasteiger partial charge in [-0.2, -0.15) is 0 Å². The Kier molecular flexibility index (Phi) is 5.21. The maximum Gasteiger partial charge on any atom is 0.310 e. The quantitative estimate of drug-likeness (QED) is 0.598. The Morgan fingerprint density at radius 3 is 2.00 bits per heavy atom. The second-order valence-corrected chi connectivity index (χ2v) is 5.63. The average molecular weight is 315 g/mol. The van der Waals surface area contributed by atoms with Crippen LogP contribution in [0.5, 0.6) is 11.5 Å². The fraction of sp³-hybridized carbons (Fsp3) is 0.333. The molecule has 0 saturated heterocycles. The molecule has 0 fully saturated rings. The first-order valence-electron chi connectivity index (χ1n) is 7.74. The Bertz CT molecular complexity index is 682. The molecule has 0 spiro atoms. The smallest absolute Gasteiger partial charge is 0.310 e. The zero-order valence-corrected chi connectivity index (χ0v) is 13.3. The van der Waals surface area contributed by atoms with Crippen molar-refractivity contribution in [3.8, 4) is 11.5 Å². The minimum Gasteiger partial charge on any atom is -0.508 e. The van der Waals surface area contributed by atoms with E-state index in [-0.39, 0.29) is 29.0 Å². The van der Waals surface area contributed by atoms with Crippen molar-refractivity contribution in [2.24, 2.45) is 0 Å². The third-order valence-electron chi connectivity index (χ3n) is 4.31. The van der Waals surface area contributed by atoms with Gasteiger partial charge in [0.05, 0.1) is 4.92 Å². The Balaban J connectivity index is 2.42. The van der Waals surface area contributed by atoms with E-state index in [2.05, 4.69) is 6.92 Å². The number of hydrogen-bond donors (Lipinski definition) is 2. The number of phenolic OH excluding ortho intramolecular Hbond substituents is 2. The molecule has 0 aliphatic carbocycles. The first-order valence-corrected chi connectivity index (χ1v) is 7.74. The predicted molar refractivity (Wildman–Crippen MR) is 88.9 cm³/mol. The highest BCUT2D eigenvalue weighted by molar-refractivity contribution is 5.49. The van der Waals surface area contributed by atoms with Crippen molar-refractivity contribution in [3.63, 3.8) is 0 Å². The number of rotatable bonds is 6. The fourth-order valence-electron chi connectivity index (χ4n) is 3.14. The largest absolute Gasteiger partial charge is 0.508 e. The van der Waals surface area contributed by atoms with E-state index >= 15 is 0 Å². The van der Waals surface area contributed by atoms with Crippen molar-refractivity contribution in [2.45, 2.75) is 38.5 Å². The lowest BCUT2D eigenvalue weighted by Crippen LogP contribution is -2.10. The van der Waals surface area contributed by atoms with Crippen LogP contribution < -0.4 is 0 Å². The monoisotopic (exact) mass is 315 g/mol. The van der Waals surface area contributed by atoms with E-state index in [9.17, 15) is 20.3 Å². The Morgan fingerprint density at radius 2 is 1.48 bits per heavy atom. The number of benzene rings is 2. The molecule has 122 valence electrons. The third kappa shape index (κ3) is 3.62. The van der Waals surface area contributed by atoms with Crippen molar-refractivity contribution in [1.29, 1.82) is 0 Å². The van der Waals surface area contributed by atoms with Crippen LogP contribution in [0.25, 0.3) is 0 Å². The summed E-state index contributed by atoms with van der Waals surface area (Å²) in [6.07, 6.45) is 1.69. The third-order valence-corrected chi connectivity index (χ3v) is 4.31. The van der Waals surface area contributed by atoms with Crippen molar-refractivity contribution >= 4 is 5.69 Å². The summed E-state index contributed by atoms with van der Waals surface area (Å²) in [5, 5.41) is 30.1. The molecule has 0 amide bonds. The Hall–Kier alpha value is -2.56. The van der Waals surface area contributed by atoms with E-state index in [1.807, 2.05) is 19.1 Å².